The molecule has 0 radical (unpaired) electrons. The lowest BCUT2D eigenvalue weighted by atomic mass is 9.96. The predicted octanol–water partition coefficient (Wildman–Crippen LogP) is 2.35. The third-order valence-electron chi connectivity index (χ3n) is 4.29. The minimum absolute atomic E-state index is 0.194. The van der Waals surface area contributed by atoms with E-state index in [1.54, 1.807) is 12.1 Å². The van der Waals surface area contributed by atoms with E-state index in [1.165, 1.54) is 0 Å². The Morgan fingerprint density at radius 3 is 2.81 bits per heavy atom. The third kappa shape index (κ3) is 4.49. The van der Waals surface area contributed by atoms with Crippen LogP contribution >= 0.6 is 15.9 Å². The molecular formula is C16H25BrFN3. The molecule has 2 rings (SSSR count). The number of benzene rings is 1. The van der Waals surface area contributed by atoms with Crippen molar-refractivity contribution in [2.45, 2.75) is 25.4 Å². The van der Waals surface area contributed by atoms with Crippen molar-refractivity contribution < 1.29 is 4.39 Å². The molecule has 0 bridgehead atoms. The van der Waals surface area contributed by atoms with E-state index in [9.17, 15) is 4.39 Å². The lowest BCUT2D eigenvalue weighted by molar-refractivity contribution is 0.0880. The summed E-state index contributed by atoms with van der Waals surface area (Å²) in [4.78, 5) is 4.82. The summed E-state index contributed by atoms with van der Waals surface area (Å²) in [6, 6.07) is 5.82. The van der Waals surface area contributed by atoms with Crippen LogP contribution in [0, 0.1) is 5.82 Å². The molecule has 0 aromatic heterocycles. The number of hydrogen-bond acceptors (Lipinski definition) is 3. The fourth-order valence-corrected chi connectivity index (χ4v) is 3.52. The van der Waals surface area contributed by atoms with Gasteiger partial charge in [-0.3, -0.25) is 4.90 Å². The number of piperazine rings is 1. The summed E-state index contributed by atoms with van der Waals surface area (Å²) in [5.74, 6) is -0.194. The third-order valence-corrected chi connectivity index (χ3v) is 5.02. The molecule has 0 spiro atoms. The summed E-state index contributed by atoms with van der Waals surface area (Å²) in [7, 11) is 4.37. The Hall–Kier alpha value is -0.490. The van der Waals surface area contributed by atoms with Gasteiger partial charge in [0.1, 0.15) is 5.82 Å². The summed E-state index contributed by atoms with van der Waals surface area (Å²) < 4.78 is 14.1. The van der Waals surface area contributed by atoms with Crippen molar-refractivity contribution in [3.63, 3.8) is 0 Å². The van der Waals surface area contributed by atoms with Crippen LogP contribution in [0.5, 0.6) is 0 Å². The van der Waals surface area contributed by atoms with E-state index >= 15 is 0 Å². The number of hydrogen-bond donors (Lipinski definition) is 1. The van der Waals surface area contributed by atoms with Crippen molar-refractivity contribution in [1.29, 1.82) is 0 Å². The van der Waals surface area contributed by atoms with Gasteiger partial charge in [0.25, 0.3) is 0 Å². The van der Waals surface area contributed by atoms with Gasteiger partial charge in [-0.25, -0.2) is 4.39 Å². The van der Waals surface area contributed by atoms with Crippen molar-refractivity contribution in [1.82, 2.24) is 15.1 Å². The highest BCUT2D eigenvalue weighted by atomic mass is 79.9. The van der Waals surface area contributed by atoms with Crippen LogP contribution in [0.2, 0.25) is 0 Å². The number of likely N-dealkylation sites (N-methyl/N-ethyl adjacent to an activating group) is 3. The maximum absolute atomic E-state index is 13.2. The SMILES string of the molecule is CCNC(Cc1ccc(F)cc1Br)C1CN(C)CCN1C. The second kappa shape index (κ2) is 7.68. The van der Waals surface area contributed by atoms with E-state index in [4.69, 9.17) is 0 Å². The Kier molecular flexibility index (Phi) is 6.17. The fourth-order valence-electron chi connectivity index (χ4n) is 3.01. The van der Waals surface area contributed by atoms with E-state index < -0.39 is 0 Å². The van der Waals surface area contributed by atoms with Crippen molar-refractivity contribution in [3.8, 4) is 0 Å². The highest BCUT2D eigenvalue weighted by molar-refractivity contribution is 9.10. The first kappa shape index (κ1) is 16.9. The highest BCUT2D eigenvalue weighted by Crippen LogP contribution is 2.22. The summed E-state index contributed by atoms with van der Waals surface area (Å²) in [5.41, 5.74) is 1.16. The van der Waals surface area contributed by atoms with Gasteiger partial charge in [-0.15, -0.1) is 0 Å². The molecule has 0 amide bonds. The van der Waals surface area contributed by atoms with Crippen LogP contribution in [0.25, 0.3) is 0 Å². The molecule has 3 nitrogen and oxygen atoms in total. The second-order valence-electron chi connectivity index (χ2n) is 5.91. The smallest absolute Gasteiger partial charge is 0.124 e. The Morgan fingerprint density at radius 2 is 2.14 bits per heavy atom. The lowest BCUT2D eigenvalue weighted by Gasteiger charge is -2.42. The monoisotopic (exact) mass is 357 g/mol. The largest absolute Gasteiger partial charge is 0.312 e. The molecule has 1 aromatic carbocycles. The topological polar surface area (TPSA) is 18.5 Å². The minimum Gasteiger partial charge on any atom is -0.312 e. The Bertz CT molecular complexity index is 469. The van der Waals surface area contributed by atoms with Gasteiger partial charge in [0.2, 0.25) is 0 Å². The van der Waals surface area contributed by atoms with Gasteiger partial charge < -0.3 is 10.2 Å². The lowest BCUT2D eigenvalue weighted by Crippen LogP contribution is -2.59. The van der Waals surface area contributed by atoms with Crippen LogP contribution in [-0.4, -0.2) is 62.2 Å². The van der Waals surface area contributed by atoms with E-state index in [0.29, 0.717) is 12.1 Å². The molecular weight excluding hydrogens is 333 g/mol. The zero-order valence-corrected chi connectivity index (χ0v) is 14.7. The summed E-state index contributed by atoms with van der Waals surface area (Å²) in [6.07, 6.45) is 0.900. The second-order valence-corrected chi connectivity index (χ2v) is 6.77. The highest BCUT2D eigenvalue weighted by Gasteiger charge is 2.29. The number of nitrogens with zero attached hydrogens (tertiary/aromatic N) is 2. The molecule has 0 saturated carbocycles. The molecule has 1 aromatic rings. The van der Waals surface area contributed by atoms with Gasteiger partial charge >= 0.3 is 0 Å². The molecule has 0 aliphatic carbocycles. The van der Waals surface area contributed by atoms with Crippen molar-refractivity contribution >= 4 is 15.9 Å². The van der Waals surface area contributed by atoms with Crippen LogP contribution in [0.1, 0.15) is 12.5 Å². The Balaban J connectivity index is 2.14. The van der Waals surface area contributed by atoms with E-state index in [2.05, 4.69) is 52.1 Å². The first-order valence-electron chi connectivity index (χ1n) is 7.57. The summed E-state index contributed by atoms with van der Waals surface area (Å²) in [6.45, 7) is 6.35. The van der Waals surface area contributed by atoms with Crippen LogP contribution in [0.4, 0.5) is 4.39 Å². The van der Waals surface area contributed by atoms with E-state index in [0.717, 1.165) is 42.6 Å². The zero-order chi connectivity index (χ0) is 15.4. The summed E-state index contributed by atoms with van der Waals surface area (Å²) in [5, 5.41) is 3.61. The molecule has 118 valence electrons. The van der Waals surface area contributed by atoms with Gasteiger partial charge in [-0.2, -0.15) is 0 Å². The standard InChI is InChI=1S/C16H25BrFN3/c1-4-19-15(16-11-20(2)7-8-21(16)3)9-12-5-6-13(18)10-14(12)17/h5-6,10,15-16,19H,4,7-9,11H2,1-3H3. The van der Waals surface area contributed by atoms with Crippen molar-refractivity contribution in [3.05, 3.63) is 34.1 Å². The van der Waals surface area contributed by atoms with Gasteiger partial charge in [-0.05, 0) is 44.8 Å². The van der Waals surface area contributed by atoms with Crippen LogP contribution in [0.3, 0.4) is 0 Å². The molecule has 21 heavy (non-hydrogen) atoms. The van der Waals surface area contributed by atoms with Crippen LogP contribution in [0.15, 0.2) is 22.7 Å². The van der Waals surface area contributed by atoms with Gasteiger partial charge in [0.15, 0.2) is 0 Å². The molecule has 5 heteroatoms. The molecule has 1 saturated heterocycles. The molecule has 1 aliphatic rings. The van der Waals surface area contributed by atoms with Gasteiger partial charge in [0.05, 0.1) is 0 Å². The number of nitrogens with one attached hydrogen (secondary N) is 1. The minimum atomic E-state index is -0.194. The van der Waals surface area contributed by atoms with Crippen LogP contribution in [-0.2, 0) is 6.42 Å². The van der Waals surface area contributed by atoms with E-state index in [1.807, 2.05) is 6.07 Å². The molecule has 2 atom stereocenters. The van der Waals surface area contributed by atoms with Gasteiger partial charge in [-0.1, -0.05) is 28.9 Å². The zero-order valence-electron chi connectivity index (χ0n) is 13.1. The van der Waals surface area contributed by atoms with Crippen molar-refractivity contribution in [2.75, 3.05) is 40.3 Å². The average molecular weight is 358 g/mol. The normalized spacial score (nSPS) is 22.4. The first-order valence-corrected chi connectivity index (χ1v) is 8.36. The molecule has 1 heterocycles. The molecule has 1 N–H and O–H groups in total. The van der Waals surface area contributed by atoms with E-state index in [-0.39, 0.29) is 5.82 Å². The van der Waals surface area contributed by atoms with Crippen molar-refractivity contribution in [2.24, 2.45) is 0 Å². The fraction of sp³-hybridized carbons (Fsp3) is 0.625. The number of rotatable bonds is 5. The Morgan fingerprint density at radius 1 is 1.38 bits per heavy atom. The molecule has 1 aliphatic heterocycles. The predicted molar refractivity (Wildman–Crippen MR) is 89.2 cm³/mol. The van der Waals surface area contributed by atoms with Crippen LogP contribution < -0.4 is 5.32 Å². The maximum atomic E-state index is 13.2. The Labute approximate surface area is 135 Å². The maximum Gasteiger partial charge on any atom is 0.124 e. The number of halogens is 2. The quantitative estimate of drug-likeness (QED) is 0.872. The van der Waals surface area contributed by atoms with Gasteiger partial charge in [0, 0.05) is 36.2 Å². The summed E-state index contributed by atoms with van der Waals surface area (Å²) >= 11 is 3.49. The average Bonchev–Trinajstić information content (AvgIpc) is 2.44. The first-order chi connectivity index (χ1) is 10.0. The molecule has 2 unspecified atom stereocenters. The molecule has 1 fully saturated rings.